The van der Waals surface area contributed by atoms with Crippen molar-refractivity contribution in [1.82, 2.24) is 14.8 Å². The van der Waals surface area contributed by atoms with E-state index in [9.17, 15) is 19.1 Å². The zero-order chi connectivity index (χ0) is 27.2. The van der Waals surface area contributed by atoms with Crippen LogP contribution in [-0.2, 0) is 9.53 Å². The molecule has 8 nitrogen and oxygen atoms in total. The van der Waals surface area contributed by atoms with E-state index < -0.39 is 18.0 Å². The summed E-state index contributed by atoms with van der Waals surface area (Å²) in [7, 11) is 1.77. The fourth-order valence-corrected chi connectivity index (χ4v) is 4.71. The zero-order valence-electron chi connectivity index (χ0n) is 22.0. The van der Waals surface area contributed by atoms with Crippen LogP contribution in [0.2, 0.25) is 0 Å². The van der Waals surface area contributed by atoms with Crippen LogP contribution in [0.25, 0.3) is 0 Å². The highest BCUT2D eigenvalue weighted by Gasteiger charge is 2.35. The van der Waals surface area contributed by atoms with Crippen molar-refractivity contribution in [2.45, 2.75) is 38.8 Å². The molecule has 202 valence electrons. The normalized spacial score (nSPS) is 20.8. The van der Waals surface area contributed by atoms with Crippen LogP contribution in [0.3, 0.4) is 0 Å². The number of pyridine rings is 1. The molecule has 1 fully saturated rings. The highest BCUT2D eigenvalue weighted by Crippen LogP contribution is 2.28. The number of ether oxygens (including phenoxy) is 2. The minimum absolute atomic E-state index is 0.0507. The minimum atomic E-state index is -0.439. The first-order valence-corrected chi connectivity index (χ1v) is 13.0. The van der Waals surface area contributed by atoms with Gasteiger partial charge in [0.05, 0.1) is 24.8 Å². The molecule has 1 aromatic carbocycles. The number of carbonyl (C=O) groups excluding carboxylic acids is 2. The number of halogens is 1. The van der Waals surface area contributed by atoms with Gasteiger partial charge in [-0.05, 0) is 38.0 Å². The maximum Gasteiger partial charge on any atom is 0.259 e. The van der Waals surface area contributed by atoms with E-state index >= 15 is 0 Å². The van der Waals surface area contributed by atoms with Gasteiger partial charge in [0.1, 0.15) is 17.5 Å². The maximum atomic E-state index is 14.0. The van der Waals surface area contributed by atoms with Gasteiger partial charge in [-0.15, -0.1) is 0 Å². The van der Waals surface area contributed by atoms with Crippen LogP contribution >= 0.6 is 0 Å². The van der Waals surface area contributed by atoms with Crippen molar-refractivity contribution in [3.05, 3.63) is 59.0 Å². The molecular weight excluding hydrogens is 489 g/mol. The molecular formula is C29H34FN3O5. The van der Waals surface area contributed by atoms with Gasteiger partial charge in [0, 0.05) is 50.4 Å². The molecule has 2 aliphatic rings. The van der Waals surface area contributed by atoms with Crippen LogP contribution in [0.15, 0.2) is 36.5 Å². The number of aromatic nitrogens is 1. The van der Waals surface area contributed by atoms with Crippen LogP contribution in [-0.4, -0.2) is 83.8 Å². The number of likely N-dealkylation sites (N-methyl/N-ethyl adjacent to an activating group) is 1. The molecule has 0 aliphatic carbocycles. The Morgan fingerprint density at radius 3 is 2.74 bits per heavy atom. The monoisotopic (exact) mass is 523 g/mol. The molecule has 2 amide bonds. The molecule has 0 bridgehead atoms. The molecule has 3 heterocycles. The van der Waals surface area contributed by atoms with Crippen molar-refractivity contribution >= 4 is 11.8 Å². The Bertz CT molecular complexity index is 1220. The van der Waals surface area contributed by atoms with Crippen LogP contribution in [0.1, 0.15) is 48.2 Å². The molecule has 1 N–H and O–H groups in total. The van der Waals surface area contributed by atoms with Crippen LogP contribution < -0.4 is 4.74 Å². The number of benzene rings is 1. The highest BCUT2D eigenvalue weighted by atomic mass is 19.1. The number of hydrogen-bond acceptors (Lipinski definition) is 6. The van der Waals surface area contributed by atoms with Crippen LogP contribution in [0.4, 0.5) is 4.39 Å². The number of aliphatic hydroxyl groups is 1. The van der Waals surface area contributed by atoms with Crippen molar-refractivity contribution in [3.63, 3.8) is 0 Å². The van der Waals surface area contributed by atoms with Gasteiger partial charge in [0.2, 0.25) is 11.8 Å². The van der Waals surface area contributed by atoms with Crippen molar-refractivity contribution in [2.75, 3.05) is 40.0 Å². The largest absolute Gasteiger partial charge is 0.472 e. The summed E-state index contributed by atoms with van der Waals surface area (Å²) in [4.78, 5) is 34.3. The molecule has 9 heteroatoms. The van der Waals surface area contributed by atoms with E-state index in [2.05, 4.69) is 16.8 Å². The lowest BCUT2D eigenvalue weighted by atomic mass is 9.97. The Hall–Kier alpha value is -3.48. The number of nitrogens with zero attached hydrogens (tertiary/aromatic N) is 3. The molecule has 0 saturated carbocycles. The molecule has 2 aromatic rings. The Morgan fingerprint density at radius 2 is 2.03 bits per heavy atom. The summed E-state index contributed by atoms with van der Waals surface area (Å²) >= 11 is 0. The predicted octanol–water partition coefficient (Wildman–Crippen LogP) is 2.73. The summed E-state index contributed by atoms with van der Waals surface area (Å²) in [6.45, 7) is 5.34. The van der Waals surface area contributed by atoms with Gasteiger partial charge in [0.15, 0.2) is 0 Å². The van der Waals surface area contributed by atoms with Crippen molar-refractivity contribution < 1.29 is 28.6 Å². The second-order valence-corrected chi connectivity index (χ2v) is 10.0. The van der Waals surface area contributed by atoms with E-state index in [1.807, 2.05) is 6.92 Å². The second kappa shape index (κ2) is 12.4. The van der Waals surface area contributed by atoms with E-state index in [1.54, 1.807) is 48.0 Å². The zero-order valence-corrected chi connectivity index (χ0v) is 22.0. The number of fused-ring (bicyclic) bond motifs is 1. The van der Waals surface area contributed by atoms with Crippen LogP contribution in [0, 0.1) is 29.5 Å². The molecule has 0 unspecified atom stereocenters. The lowest BCUT2D eigenvalue weighted by Crippen LogP contribution is -2.51. The van der Waals surface area contributed by atoms with Gasteiger partial charge >= 0.3 is 0 Å². The van der Waals surface area contributed by atoms with E-state index in [0.717, 1.165) is 0 Å². The van der Waals surface area contributed by atoms with Gasteiger partial charge < -0.3 is 24.4 Å². The minimum Gasteiger partial charge on any atom is -0.472 e. The third kappa shape index (κ3) is 6.32. The number of aliphatic hydroxyl groups excluding tert-OH is 1. The standard InChI is InChI=1S/C29H34FN3O5/c1-19-16-33(20(2)18-34)29(36)24-14-21(8-9-22-6-4-5-7-25(22)30)15-31-27(24)38-26(19)17-32(3)28(35)23-10-12-37-13-11-23/h4-7,14-15,19-20,23,26,34H,10-13,16-18H2,1-3H3/t19-,20-,26-/m0/s1. The lowest BCUT2D eigenvalue weighted by molar-refractivity contribution is -0.138. The quantitative estimate of drug-likeness (QED) is 0.606. The van der Waals surface area contributed by atoms with E-state index in [4.69, 9.17) is 9.47 Å². The van der Waals surface area contributed by atoms with E-state index in [1.165, 1.54) is 12.3 Å². The number of rotatable bonds is 5. The molecule has 0 spiro atoms. The molecule has 3 atom stereocenters. The molecule has 38 heavy (non-hydrogen) atoms. The average Bonchev–Trinajstić information content (AvgIpc) is 2.94. The number of amides is 2. The van der Waals surface area contributed by atoms with Gasteiger partial charge in [-0.25, -0.2) is 9.37 Å². The third-order valence-electron chi connectivity index (χ3n) is 7.14. The summed E-state index contributed by atoms with van der Waals surface area (Å²) in [5.74, 6) is 4.87. The molecule has 1 saturated heterocycles. The topological polar surface area (TPSA) is 92.2 Å². The Kier molecular flexibility index (Phi) is 8.97. The fraction of sp³-hybridized carbons (Fsp3) is 0.483. The summed E-state index contributed by atoms with van der Waals surface area (Å²) in [6, 6.07) is 7.34. The summed E-state index contributed by atoms with van der Waals surface area (Å²) in [5.41, 5.74) is 0.877. The molecule has 1 aromatic heterocycles. The van der Waals surface area contributed by atoms with Crippen molar-refractivity contribution in [3.8, 4) is 17.7 Å². The molecule has 0 radical (unpaired) electrons. The summed E-state index contributed by atoms with van der Waals surface area (Å²) in [6.07, 6.45) is 2.44. The Balaban J connectivity index is 1.63. The fourth-order valence-electron chi connectivity index (χ4n) is 4.71. The first kappa shape index (κ1) is 27.6. The number of carbonyl (C=O) groups is 2. The smallest absolute Gasteiger partial charge is 0.259 e. The van der Waals surface area contributed by atoms with Gasteiger partial charge in [-0.3, -0.25) is 9.59 Å². The van der Waals surface area contributed by atoms with Crippen LogP contribution in [0.5, 0.6) is 5.88 Å². The summed E-state index contributed by atoms with van der Waals surface area (Å²) in [5, 5.41) is 9.86. The first-order chi connectivity index (χ1) is 18.3. The second-order valence-electron chi connectivity index (χ2n) is 10.0. The maximum absolute atomic E-state index is 14.0. The summed E-state index contributed by atoms with van der Waals surface area (Å²) < 4.78 is 25.7. The van der Waals surface area contributed by atoms with Gasteiger partial charge in [-0.2, -0.15) is 0 Å². The average molecular weight is 524 g/mol. The molecule has 4 rings (SSSR count). The van der Waals surface area contributed by atoms with E-state index in [-0.39, 0.29) is 47.3 Å². The van der Waals surface area contributed by atoms with E-state index in [0.29, 0.717) is 44.7 Å². The SMILES string of the molecule is C[C@H]1CN([C@@H](C)CO)C(=O)c2cc(C#Cc3ccccc3F)cnc2O[C@H]1CN(C)C(=O)C1CCOCC1. The van der Waals surface area contributed by atoms with Gasteiger partial charge in [0.25, 0.3) is 5.91 Å². The Labute approximate surface area is 222 Å². The predicted molar refractivity (Wildman–Crippen MR) is 139 cm³/mol. The molecule has 2 aliphatic heterocycles. The number of hydrogen-bond donors (Lipinski definition) is 1. The third-order valence-corrected chi connectivity index (χ3v) is 7.14. The highest BCUT2D eigenvalue weighted by molar-refractivity contribution is 5.97. The Morgan fingerprint density at radius 1 is 1.29 bits per heavy atom. The first-order valence-electron chi connectivity index (χ1n) is 13.0. The van der Waals surface area contributed by atoms with Crippen molar-refractivity contribution in [1.29, 1.82) is 0 Å². The van der Waals surface area contributed by atoms with Crippen molar-refractivity contribution in [2.24, 2.45) is 11.8 Å². The van der Waals surface area contributed by atoms with Gasteiger partial charge in [-0.1, -0.05) is 30.9 Å². The lowest BCUT2D eigenvalue weighted by Gasteiger charge is -2.38.